The Morgan fingerprint density at radius 2 is 1.85 bits per heavy atom. The zero-order chi connectivity index (χ0) is 14.2. The minimum absolute atomic E-state index is 0.363. The molecule has 20 heavy (non-hydrogen) atoms. The van der Waals surface area contributed by atoms with E-state index in [-0.39, 0.29) is 0 Å². The lowest BCUT2D eigenvalue weighted by Gasteiger charge is -2.49. The van der Waals surface area contributed by atoms with Gasteiger partial charge in [-0.05, 0) is 69.2 Å². The highest BCUT2D eigenvalue weighted by Crippen LogP contribution is 2.49. The van der Waals surface area contributed by atoms with Gasteiger partial charge in [0.1, 0.15) is 0 Å². The predicted octanol–water partition coefficient (Wildman–Crippen LogP) is 3.79. The van der Waals surface area contributed by atoms with Gasteiger partial charge in [0, 0.05) is 18.1 Å². The van der Waals surface area contributed by atoms with Gasteiger partial charge < -0.3 is 5.73 Å². The normalized spacial score (nSPS) is 35.0. The summed E-state index contributed by atoms with van der Waals surface area (Å²) in [4.78, 5) is 2.88. The molecule has 0 saturated heterocycles. The van der Waals surface area contributed by atoms with Crippen LogP contribution >= 0.6 is 0 Å². The molecule has 116 valence electrons. The Hall–Kier alpha value is -0.0800. The monoisotopic (exact) mass is 278 g/mol. The number of nitrogens with zero attached hydrogens (tertiary/aromatic N) is 1. The van der Waals surface area contributed by atoms with Crippen molar-refractivity contribution in [3.05, 3.63) is 0 Å². The minimum atomic E-state index is 0.363. The zero-order valence-corrected chi connectivity index (χ0v) is 13.6. The molecule has 3 saturated carbocycles. The zero-order valence-electron chi connectivity index (χ0n) is 13.6. The average molecular weight is 278 g/mol. The molecule has 3 aliphatic carbocycles. The third-order valence-electron chi connectivity index (χ3n) is 6.07. The molecule has 3 aliphatic rings. The summed E-state index contributed by atoms with van der Waals surface area (Å²) in [6, 6.07) is 0.871. The molecule has 2 N–H and O–H groups in total. The first kappa shape index (κ1) is 14.8. The van der Waals surface area contributed by atoms with Crippen LogP contribution in [0.15, 0.2) is 0 Å². The summed E-state index contributed by atoms with van der Waals surface area (Å²) in [6.07, 6.45) is 12.9. The Morgan fingerprint density at radius 3 is 2.40 bits per heavy atom. The second-order valence-electron chi connectivity index (χ2n) is 8.23. The lowest BCUT2D eigenvalue weighted by Crippen LogP contribution is -2.57. The van der Waals surface area contributed by atoms with Gasteiger partial charge in [-0.25, -0.2) is 0 Å². The van der Waals surface area contributed by atoms with Gasteiger partial charge in [-0.15, -0.1) is 0 Å². The maximum Gasteiger partial charge on any atom is 0.0337 e. The van der Waals surface area contributed by atoms with Gasteiger partial charge in [0.15, 0.2) is 0 Å². The van der Waals surface area contributed by atoms with Gasteiger partial charge in [0.2, 0.25) is 0 Å². The van der Waals surface area contributed by atoms with E-state index in [2.05, 4.69) is 18.7 Å². The first-order valence-electron chi connectivity index (χ1n) is 9.11. The summed E-state index contributed by atoms with van der Waals surface area (Å²) in [6.45, 7) is 6.89. The molecule has 0 aromatic rings. The lowest BCUT2D eigenvalue weighted by atomic mass is 9.72. The number of hydrogen-bond donors (Lipinski definition) is 1. The SMILES string of the molecule is CC(C)CCN(C1CC1)C1(CN)CCCC(C2CC2)C1. The molecule has 2 heteroatoms. The van der Waals surface area contributed by atoms with E-state index in [1.807, 2.05) is 0 Å². The Balaban J connectivity index is 1.70. The smallest absolute Gasteiger partial charge is 0.0337 e. The predicted molar refractivity (Wildman–Crippen MR) is 85.7 cm³/mol. The third kappa shape index (κ3) is 3.22. The molecule has 2 nitrogen and oxygen atoms in total. The highest BCUT2D eigenvalue weighted by molar-refractivity contribution is 5.04. The van der Waals surface area contributed by atoms with Crippen LogP contribution in [0.2, 0.25) is 0 Å². The summed E-state index contributed by atoms with van der Waals surface area (Å²) < 4.78 is 0. The van der Waals surface area contributed by atoms with E-state index in [0.29, 0.717) is 5.54 Å². The standard InChI is InChI=1S/C18H34N2/c1-14(2)9-11-20(17-7-8-17)18(13-19)10-3-4-16(12-18)15-5-6-15/h14-17H,3-13,19H2,1-2H3. The molecule has 2 unspecified atom stereocenters. The van der Waals surface area contributed by atoms with Gasteiger partial charge in [-0.3, -0.25) is 4.90 Å². The molecule has 3 fully saturated rings. The van der Waals surface area contributed by atoms with Crippen molar-refractivity contribution in [3.63, 3.8) is 0 Å². The quantitative estimate of drug-likeness (QED) is 0.767. The Morgan fingerprint density at radius 1 is 1.10 bits per heavy atom. The third-order valence-corrected chi connectivity index (χ3v) is 6.07. The van der Waals surface area contributed by atoms with Gasteiger partial charge >= 0.3 is 0 Å². The molecule has 0 amide bonds. The van der Waals surface area contributed by atoms with Crippen LogP contribution in [-0.4, -0.2) is 29.6 Å². The molecule has 0 aliphatic heterocycles. The Kier molecular flexibility index (Phi) is 4.42. The highest BCUT2D eigenvalue weighted by atomic mass is 15.3. The largest absolute Gasteiger partial charge is 0.329 e. The summed E-state index contributed by atoms with van der Waals surface area (Å²) in [5.74, 6) is 2.87. The highest BCUT2D eigenvalue weighted by Gasteiger charge is 2.48. The second-order valence-corrected chi connectivity index (χ2v) is 8.23. The van der Waals surface area contributed by atoms with Crippen LogP contribution in [-0.2, 0) is 0 Å². The molecule has 3 rings (SSSR count). The van der Waals surface area contributed by atoms with Crippen LogP contribution < -0.4 is 5.73 Å². The molecule has 0 radical (unpaired) electrons. The second kappa shape index (κ2) is 5.96. The van der Waals surface area contributed by atoms with E-state index >= 15 is 0 Å². The topological polar surface area (TPSA) is 29.3 Å². The molecule has 2 atom stereocenters. The molecule has 0 heterocycles. The van der Waals surface area contributed by atoms with Crippen molar-refractivity contribution in [2.75, 3.05) is 13.1 Å². The van der Waals surface area contributed by atoms with Crippen LogP contribution in [0.25, 0.3) is 0 Å². The molecule has 0 aromatic heterocycles. The Bertz CT molecular complexity index is 319. The van der Waals surface area contributed by atoms with Crippen molar-refractivity contribution >= 4 is 0 Å². The van der Waals surface area contributed by atoms with Gasteiger partial charge in [-0.2, -0.15) is 0 Å². The van der Waals surface area contributed by atoms with Gasteiger partial charge in [0.25, 0.3) is 0 Å². The first-order valence-corrected chi connectivity index (χ1v) is 9.11. The van der Waals surface area contributed by atoms with Crippen molar-refractivity contribution in [1.29, 1.82) is 0 Å². The van der Waals surface area contributed by atoms with E-state index in [1.165, 1.54) is 64.3 Å². The van der Waals surface area contributed by atoms with E-state index in [0.717, 1.165) is 30.3 Å². The number of nitrogens with two attached hydrogens (primary N) is 1. The van der Waals surface area contributed by atoms with E-state index < -0.39 is 0 Å². The molecular formula is C18H34N2. The van der Waals surface area contributed by atoms with E-state index in [4.69, 9.17) is 5.73 Å². The fraction of sp³-hybridized carbons (Fsp3) is 1.00. The fourth-order valence-electron chi connectivity index (χ4n) is 4.51. The molecule has 0 bridgehead atoms. The van der Waals surface area contributed by atoms with Crippen molar-refractivity contribution in [3.8, 4) is 0 Å². The van der Waals surface area contributed by atoms with Crippen LogP contribution in [0.3, 0.4) is 0 Å². The summed E-state index contributed by atoms with van der Waals surface area (Å²) in [7, 11) is 0. The van der Waals surface area contributed by atoms with Crippen molar-refractivity contribution in [2.24, 2.45) is 23.5 Å². The molecule has 0 spiro atoms. The summed E-state index contributed by atoms with van der Waals surface area (Å²) in [5.41, 5.74) is 6.71. The molecular weight excluding hydrogens is 244 g/mol. The van der Waals surface area contributed by atoms with Gasteiger partial charge in [-0.1, -0.05) is 26.7 Å². The van der Waals surface area contributed by atoms with Crippen LogP contribution in [0.4, 0.5) is 0 Å². The first-order chi connectivity index (χ1) is 9.64. The lowest BCUT2D eigenvalue weighted by molar-refractivity contribution is 0.0208. The van der Waals surface area contributed by atoms with Crippen molar-refractivity contribution in [2.45, 2.75) is 83.2 Å². The van der Waals surface area contributed by atoms with E-state index in [9.17, 15) is 0 Å². The fourth-order valence-corrected chi connectivity index (χ4v) is 4.51. The van der Waals surface area contributed by atoms with Crippen LogP contribution in [0, 0.1) is 17.8 Å². The number of rotatable bonds is 7. The minimum Gasteiger partial charge on any atom is -0.329 e. The maximum absolute atomic E-state index is 6.35. The van der Waals surface area contributed by atoms with Crippen molar-refractivity contribution in [1.82, 2.24) is 4.90 Å². The molecule has 0 aromatic carbocycles. The van der Waals surface area contributed by atoms with Crippen LogP contribution in [0.1, 0.15) is 71.6 Å². The maximum atomic E-state index is 6.35. The summed E-state index contributed by atoms with van der Waals surface area (Å²) >= 11 is 0. The number of hydrogen-bond acceptors (Lipinski definition) is 2. The van der Waals surface area contributed by atoms with E-state index in [1.54, 1.807) is 0 Å². The van der Waals surface area contributed by atoms with Crippen molar-refractivity contribution < 1.29 is 0 Å². The summed E-state index contributed by atoms with van der Waals surface area (Å²) in [5, 5.41) is 0. The van der Waals surface area contributed by atoms with Crippen LogP contribution in [0.5, 0.6) is 0 Å². The Labute approximate surface area is 125 Å². The van der Waals surface area contributed by atoms with Gasteiger partial charge in [0.05, 0.1) is 0 Å². The average Bonchev–Trinajstić information content (AvgIpc) is 3.29.